The molecule has 3 rings (SSSR count). The number of benzene rings is 1. The van der Waals surface area contributed by atoms with Gasteiger partial charge in [0.2, 0.25) is 5.76 Å². The number of hydrogen-bond acceptors (Lipinski definition) is 8. The fourth-order valence-corrected chi connectivity index (χ4v) is 4.61. The highest BCUT2D eigenvalue weighted by Gasteiger charge is 2.22. The summed E-state index contributed by atoms with van der Waals surface area (Å²) in [5.41, 5.74) is 0.319. The zero-order valence-corrected chi connectivity index (χ0v) is 16.4. The minimum absolute atomic E-state index is 0.00480. The van der Waals surface area contributed by atoms with Crippen molar-refractivity contribution in [1.82, 2.24) is 5.16 Å². The summed E-state index contributed by atoms with van der Waals surface area (Å²) in [5, 5.41) is 14.6. The molecule has 0 atom stereocenters. The maximum atomic E-state index is 12.6. The Balaban J connectivity index is 1.80. The molecule has 0 aliphatic rings. The number of rotatable bonds is 7. The van der Waals surface area contributed by atoms with Gasteiger partial charge in [0.05, 0.1) is 17.7 Å². The maximum Gasteiger partial charge on any atom is 0.338 e. The molecule has 0 aliphatic heterocycles. The van der Waals surface area contributed by atoms with Gasteiger partial charge in [-0.1, -0.05) is 11.2 Å². The summed E-state index contributed by atoms with van der Waals surface area (Å²) in [6.45, 7) is 1.47. The van der Waals surface area contributed by atoms with Crippen LogP contribution < -0.4 is 9.46 Å². The van der Waals surface area contributed by atoms with Crippen LogP contribution in [0.5, 0.6) is 5.75 Å². The number of anilines is 1. The molecule has 0 spiro atoms. The average molecular weight is 421 g/mol. The van der Waals surface area contributed by atoms with Gasteiger partial charge in [-0.25, -0.2) is 8.42 Å². The molecule has 1 N–H and O–H groups in total. The highest BCUT2D eigenvalue weighted by molar-refractivity contribution is 7.94. The normalized spacial score (nSPS) is 11.6. The van der Waals surface area contributed by atoms with Gasteiger partial charge < -0.3 is 9.26 Å². The summed E-state index contributed by atoms with van der Waals surface area (Å²) in [6.07, 6.45) is 2.91. The van der Waals surface area contributed by atoms with Crippen molar-refractivity contribution in [1.29, 1.82) is 0 Å². The number of hydrogen-bond donors (Lipinski definition) is 1. The van der Waals surface area contributed by atoms with E-state index in [2.05, 4.69) is 9.88 Å². The first-order chi connectivity index (χ1) is 13.3. The monoisotopic (exact) mass is 421 g/mol. The summed E-state index contributed by atoms with van der Waals surface area (Å²) in [5.74, 6) is 0.522. The van der Waals surface area contributed by atoms with Crippen molar-refractivity contribution in [3.8, 4) is 5.75 Å². The van der Waals surface area contributed by atoms with Crippen LogP contribution in [0, 0.1) is 17.0 Å². The van der Waals surface area contributed by atoms with Gasteiger partial charge >= 0.3 is 5.69 Å². The summed E-state index contributed by atoms with van der Waals surface area (Å²) in [7, 11) is -2.29. The Morgan fingerprint density at radius 2 is 2.07 bits per heavy atom. The van der Waals surface area contributed by atoms with E-state index in [0.29, 0.717) is 16.3 Å². The Bertz CT molecular complexity index is 1150. The molecule has 1 aromatic carbocycles. The third-order valence-electron chi connectivity index (χ3n) is 3.63. The van der Waals surface area contributed by atoms with Crippen molar-refractivity contribution < 1.29 is 22.6 Å². The van der Waals surface area contributed by atoms with Gasteiger partial charge in [-0.05, 0) is 43.3 Å². The van der Waals surface area contributed by atoms with Gasteiger partial charge in [0.25, 0.3) is 10.0 Å². The minimum atomic E-state index is -3.78. The second-order valence-electron chi connectivity index (χ2n) is 5.57. The summed E-state index contributed by atoms with van der Waals surface area (Å²) < 4.78 is 37.7. The quantitative estimate of drug-likeness (QED) is 0.452. The first-order valence-electron chi connectivity index (χ1n) is 7.85. The molecular formula is C17H15N3O6S2. The lowest BCUT2D eigenvalue weighted by Crippen LogP contribution is -2.11. The third kappa shape index (κ3) is 4.21. The molecule has 0 fully saturated rings. The van der Waals surface area contributed by atoms with Crippen molar-refractivity contribution >= 4 is 44.9 Å². The number of aryl methyl sites for hydroxylation is 1. The molecule has 146 valence electrons. The largest absolute Gasteiger partial charge is 0.497 e. The van der Waals surface area contributed by atoms with Gasteiger partial charge in [-0.15, -0.1) is 11.3 Å². The van der Waals surface area contributed by atoms with E-state index in [0.717, 1.165) is 11.3 Å². The molecule has 28 heavy (non-hydrogen) atoms. The van der Waals surface area contributed by atoms with Crippen LogP contribution in [0.25, 0.3) is 12.2 Å². The van der Waals surface area contributed by atoms with Gasteiger partial charge in [0, 0.05) is 10.9 Å². The van der Waals surface area contributed by atoms with E-state index in [1.54, 1.807) is 30.3 Å². The van der Waals surface area contributed by atoms with Crippen molar-refractivity contribution in [2.24, 2.45) is 0 Å². The molecule has 0 saturated carbocycles. The van der Waals surface area contributed by atoms with E-state index >= 15 is 0 Å². The van der Waals surface area contributed by atoms with Crippen LogP contribution in [-0.4, -0.2) is 25.6 Å². The number of ether oxygens (including phenoxy) is 1. The standard InChI is InChI=1S/C17H15N3O6S2/c1-11-17(20(21)22)15(26-18-11)8-6-14-7-9-16(27-14)28(23,24)19-12-4-3-5-13(10-12)25-2/h3-10,19H,1-2H3/b8-6+. The second kappa shape index (κ2) is 7.82. The molecule has 2 aromatic heterocycles. The smallest absolute Gasteiger partial charge is 0.338 e. The van der Waals surface area contributed by atoms with E-state index in [9.17, 15) is 18.5 Å². The lowest BCUT2D eigenvalue weighted by atomic mass is 10.3. The Kier molecular flexibility index (Phi) is 5.47. The van der Waals surface area contributed by atoms with Gasteiger partial charge in [0.1, 0.15) is 9.96 Å². The molecule has 3 aromatic rings. The first kappa shape index (κ1) is 19.6. The topological polar surface area (TPSA) is 125 Å². The predicted molar refractivity (Wildman–Crippen MR) is 105 cm³/mol. The highest BCUT2D eigenvalue weighted by atomic mass is 32.2. The number of thiophene rings is 1. The molecule has 11 heteroatoms. The molecule has 0 aliphatic carbocycles. The number of sulfonamides is 1. The zero-order valence-electron chi connectivity index (χ0n) is 14.8. The zero-order chi connectivity index (χ0) is 20.3. The fourth-order valence-electron chi connectivity index (χ4n) is 2.33. The number of methoxy groups -OCH3 is 1. The van der Waals surface area contributed by atoms with Crippen LogP contribution in [0.1, 0.15) is 16.3 Å². The Labute approximate surface area is 164 Å². The van der Waals surface area contributed by atoms with E-state index in [1.165, 1.54) is 32.3 Å². The molecule has 2 heterocycles. The molecule has 0 unspecified atom stereocenters. The highest BCUT2D eigenvalue weighted by Crippen LogP contribution is 2.28. The predicted octanol–water partition coefficient (Wildman–Crippen LogP) is 3.93. The van der Waals surface area contributed by atoms with E-state index in [-0.39, 0.29) is 21.4 Å². The van der Waals surface area contributed by atoms with E-state index in [4.69, 9.17) is 9.26 Å². The molecule has 0 amide bonds. The summed E-state index contributed by atoms with van der Waals surface area (Å²) >= 11 is 1.01. The molecular weight excluding hydrogens is 406 g/mol. The van der Waals surface area contributed by atoms with Crippen LogP contribution in [0.2, 0.25) is 0 Å². The maximum absolute atomic E-state index is 12.6. The van der Waals surface area contributed by atoms with Gasteiger partial charge in [-0.2, -0.15) is 0 Å². The Morgan fingerprint density at radius 3 is 2.79 bits per heavy atom. The number of nitrogens with one attached hydrogen (secondary N) is 1. The lowest BCUT2D eigenvalue weighted by Gasteiger charge is -2.07. The number of aromatic nitrogens is 1. The van der Waals surface area contributed by atoms with Crippen LogP contribution >= 0.6 is 11.3 Å². The minimum Gasteiger partial charge on any atom is -0.497 e. The van der Waals surface area contributed by atoms with Crippen molar-refractivity contribution in [2.45, 2.75) is 11.1 Å². The van der Waals surface area contributed by atoms with Crippen LogP contribution in [0.15, 0.2) is 45.1 Å². The summed E-state index contributed by atoms with van der Waals surface area (Å²) in [4.78, 5) is 11.1. The number of nitro groups is 1. The fraction of sp³-hybridized carbons (Fsp3) is 0.118. The van der Waals surface area contributed by atoms with Crippen molar-refractivity contribution in [3.05, 3.63) is 62.8 Å². The van der Waals surface area contributed by atoms with Crippen LogP contribution in [0.4, 0.5) is 11.4 Å². The van der Waals surface area contributed by atoms with Crippen molar-refractivity contribution in [2.75, 3.05) is 11.8 Å². The molecule has 0 saturated heterocycles. The van der Waals surface area contributed by atoms with Crippen LogP contribution in [0.3, 0.4) is 0 Å². The van der Waals surface area contributed by atoms with Crippen LogP contribution in [-0.2, 0) is 10.0 Å². The van der Waals surface area contributed by atoms with Gasteiger partial charge in [-0.3, -0.25) is 14.8 Å². The molecule has 0 bridgehead atoms. The number of nitrogens with zero attached hydrogens (tertiary/aromatic N) is 2. The Morgan fingerprint density at radius 1 is 1.29 bits per heavy atom. The summed E-state index contributed by atoms with van der Waals surface area (Å²) in [6, 6.07) is 9.60. The Hall–Kier alpha value is -3.18. The third-order valence-corrected chi connectivity index (χ3v) is 6.55. The molecule has 9 nitrogen and oxygen atoms in total. The second-order valence-corrected chi connectivity index (χ2v) is 8.59. The van der Waals surface area contributed by atoms with Gasteiger partial charge in [0.15, 0.2) is 5.69 Å². The first-order valence-corrected chi connectivity index (χ1v) is 10.2. The molecule has 0 radical (unpaired) electrons. The lowest BCUT2D eigenvalue weighted by molar-refractivity contribution is -0.386. The van der Waals surface area contributed by atoms with Crippen molar-refractivity contribution in [3.63, 3.8) is 0 Å². The average Bonchev–Trinajstić information content (AvgIpc) is 3.26. The van der Waals surface area contributed by atoms with E-state index in [1.807, 2.05) is 0 Å². The SMILES string of the molecule is COc1cccc(NS(=O)(=O)c2ccc(/C=C/c3onc(C)c3[N+](=O)[O-])s2)c1. The van der Waals surface area contributed by atoms with E-state index < -0.39 is 14.9 Å².